The molecule has 2 rings (SSSR count). The van der Waals surface area contributed by atoms with Crippen LogP contribution in [0.15, 0.2) is 29.2 Å². The van der Waals surface area contributed by atoms with Crippen LogP contribution in [0.1, 0.15) is 24.8 Å². The molecule has 18 heavy (non-hydrogen) atoms. The summed E-state index contributed by atoms with van der Waals surface area (Å²) in [5.74, 6) is 5.48. The van der Waals surface area contributed by atoms with Crippen molar-refractivity contribution in [2.45, 2.75) is 30.2 Å². The summed E-state index contributed by atoms with van der Waals surface area (Å²) in [4.78, 5) is 0.234. The minimum Gasteiger partial charge on any atom is -0.320 e. The van der Waals surface area contributed by atoms with Crippen LogP contribution in [0.4, 0.5) is 0 Å². The minimum atomic E-state index is -3.47. The van der Waals surface area contributed by atoms with E-state index in [4.69, 9.17) is 5.73 Å². The summed E-state index contributed by atoms with van der Waals surface area (Å²) in [6.07, 6.45) is 2.91. The van der Waals surface area contributed by atoms with Crippen molar-refractivity contribution in [2.24, 2.45) is 5.73 Å². The van der Waals surface area contributed by atoms with Gasteiger partial charge in [0.25, 0.3) is 0 Å². The molecule has 1 saturated carbocycles. The molecule has 0 amide bonds. The highest BCUT2D eigenvalue weighted by Crippen LogP contribution is 2.22. The van der Waals surface area contributed by atoms with E-state index in [2.05, 4.69) is 16.6 Å². The molecular weight excluding hydrogens is 248 g/mol. The Morgan fingerprint density at radius 3 is 2.67 bits per heavy atom. The summed E-state index contributed by atoms with van der Waals surface area (Å²) < 4.78 is 27.1. The molecule has 0 heterocycles. The lowest BCUT2D eigenvalue weighted by molar-refractivity contribution is 0.383. The first-order valence-electron chi connectivity index (χ1n) is 5.94. The van der Waals surface area contributed by atoms with Crippen molar-refractivity contribution < 1.29 is 8.42 Å². The fourth-order valence-electron chi connectivity index (χ4n) is 1.76. The first-order valence-corrected chi connectivity index (χ1v) is 7.42. The Balaban J connectivity index is 2.31. The van der Waals surface area contributed by atoms with Crippen LogP contribution in [-0.4, -0.2) is 21.0 Å². The van der Waals surface area contributed by atoms with Crippen molar-refractivity contribution in [3.63, 3.8) is 0 Å². The smallest absolute Gasteiger partial charge is 0.242 e. The van der Waals surface area contributed by atoms with Crippen LogP contribution in [0.2, 0.25) is 0 Å². The Morgan fingerprint density at radius 1 is 1.33 bits per heavy atom. The Hall–Kier alpha value is -1.35. The molecule has 0 unspecified atom stereocenters. The molecule has 5 heteroatoms. The maximum Gasteiger partial charge on any atom is 0.242 e. The van der Waals surface area contributed by atoms with Gasteiger partial charge in [-0.15, -0.1) is 0 Å². The van der Waals surface area contributed by atoms with Crippen LogP contribution >= 0.6 is 0 Å². The quantitative estimate of drug-likeness (QED) is 0.794. The van der Waals surface area contributed by atoms with Gasteiger partial charge in [0, 0.05) is 11.6 Å². The van der Waals surface area contributed by atoms with E-state index in [0.717, 1.165) is 19.3 Å². The number of nitrogens with one attached hydrogen (secondary N) is 1. The Labute approximate surface area is 108 Å². The third-order valence-corrected chi connectivity index (χ3v) is 4.51. The van der Waals surface area contributed by atoms with Gasteiger partial charge in [0.05, 0.1) is 11.4 Å². The molecule has 0 spiro atoms. The molecular formula is C13H16N2O2S. The maximum atomic E-state index is 12.2. The normalized spacial score (nSPS) is 15.6. The van der Waals surface area contributed by atoms with E-state index in [-0.39, 0.29) is 17.5 Å². The molecule has 0 radical (unpaired) electrons. The van der Waals surface area contributed by atoms with Gasteiger partial charge in [0.2, 0.25) is 10.0 Å². The molecule has 96 valence electrons. The van der Waals surface area contributed by atoms with E-state index in [9.17, 15) is 8.42 Å². The highest BCUT2D eigenvalue weighted by atomic mass is 32.2. The van der Waals surface area contributed by atoms with Crippen molar-refractivity contribution in [3.05, 3.63) is 29.8 Å². The summed E-state index contributed by atoms with van der Waals surface area (Å²) in [7, 11) is -3.47. The molecule has 1 fully saturated rings. The van der Waals surface area contributed by atoms with Crippen molar-refractivity contribution >= 4 is 10.0 Å². The second-order valence-corrected chi connectivity index (χ2v) is 5.93. The van der Waals surface area contributed by atoms with Gasteiger partial charge in [0.1, 0.15) is 0 Å². The van der Waals surface area contributed by atoms with Crippen molar-refractivity contribution in [1.82, 2.24) is 4.72 Å². The summed E-state index contributed by atoms with van der Waals surface area (Å²) >= 11 is 0. The van der Waals surface area contributed by atoms with Gasteiger partial charge in [-0.05, 0) is 25.0 Å². The van der Waals surface area contributed by atoms with Crippen LogP contribution < -0.4 is 10.5 Å². The highest BCUT2D eigenvalue weighted by Gasteiger charge is 2.25. The number of hydrogen-bond donors (Lipinski definition) is 2. The zero-order valence-corrected chi connectivity index (χ0v) is 10.8. The Kier molecular flexibility index (Phi) is 4.02. The largest absolute Gasteiger partial charge is 0.320 e. The van der Waals surface area contributed by atoms with E-state index in [1.54, 1.807) is 24.3 Å². The molecule has 3 N–H and O–H groups in total. The molecule has 0 aromatic heterocycles. The zero-order chi connectivity index (χ0) is 13.0. The topological polar surface area (TPSA) is 72.2 Å². The van der Waals surface area contributed by atoms with Gasteiger partial charge >= 0.3 is 0 Å². The van der Waals surface area contributed by atoms with Crippen LogP contribution in [0.5, 0.6) is 0 Å². The lowest BCUT2D eigenvalue weighted by atomic mass is 9.94. The molecule has 1 aromatic carbocycles. The fourth-order valence-corrected chi connectivity index (χ4v) is 3.23. The van der Waals surface area contributed by atoms with Crippen LogP contribution in [0.3, 0.4) is 0 Å². The highest BCUT2D eigenvalue weighted by molar-refractivity contribution is 7.89. The average Bonchev–Trinajstić information content (AvgIpc) is 2.32. The van der Waals surface area contributed by atoms with E-state index in [0.29, 0.717) is 5.56 Å². The summed E-state index contributed by atoms with van der Waals surface area (Å²) in [5.41, 5.74) is 5.80. The second-order valence-electron chi connectivity index (χ2n) is 4.25. The van der Waals surface area contributed by atoms with Gasteiger partial charge < -0.3 is 5.73 Å². The molecule has 1 aliphatic carbocycles. The number of sulfonamides is 1. The van der Waals surface area contributed by atoms with E-state index < -0.39 is 10.0 Å². The van der Waals surface area contributed by atoms with E-state index >= 15 is 0 Å². The predicted molar refractivity (Wildman–Crippen MR) is 70.3 cm³/mol. The average molecular weight is 264 g/mol. The van der Waals surface area contributed by atoms with Crippen LogP contribution in [-0.2, 0) is 10.0 Å². The SMILES string of the molecule is NCC#Cc1ccccc1S(=O)(=O)NC1CCC1. The number of rotatable bonds is 3. The third kappa shape index (κ3) is 2.91. The van der Waals surface area contributed by atoms with Gasteiger partial charge in [-0.2, -0.15) is 0 Å². The molecule has 0 bridgehead atoms. The molecule has 0 saturated heterocycles. The van der Waals surface area contributed by atoms with E-state index in [1.807, 2.05) is 0 Å². The van der Waals surface area contributed by atoms with Crippen LogP contribution in [0.25, 0.3) is 0 Å². The molecule has 0 aliphatic heterocycles. The summed E-state index contributed by atoms with van der Waals surface area (Å²) in [5, 5.41) is 0. The number of nitrogens with two attached hydrogens (primary N) is 1. The molecule has 4 nitrogen and oxygen atoms in total. The molecule has 1 aliphatic rings. The lowest BCUT2D eigenvalue weighted by Gasteiger charge is -2.26. The monoisotopic (exact) mass is 264 g/mol. The molecule has 0 atom stereocenters. The van der Waals surface area contributed by atoms with Gasteiger partial charge in [0.15, 0.2) is 0 Å². The Bertz CT molecular complexity index is 580. The Morgan fingerprint density at radius 2 is 2.06 bits per heavy atom. The first-order chi connectivity index (χ1) is 8.63. The van der Waals surface area contributed by atoms with Gasteiger partial charge in [-0.1, -0.05) is 30.4 Å². The summed E-state index contributed by atoms with van der Waals surface area (Å²) in [6, 6.07) is 6.80. The van der Waals surface area contributed by atoms with Crippen molar-refractivity contribution in [2.75, 3.05) is 6.54 Å². The predicted octanol–water partition coefficient (Wildman–Crippen LogP) is 0.828. The second kappa shape index (κ2) is 5.53. The van der Waals surface area contributed by atoms with Crippen molar-refractivity contribution in [3.8, 4) is 11.8 Å². The number of benzene rings is 1. The third-order valence-electron chi connectivity index (χ3n) is 2.93. The fraction of sp³-hybridized carbons (Fsp3) is 0.385. The standard InChI is InChI=1S/C13H16N2O2S/c14-10-4-6-11-5-1-2-9-13(11)18(16,17)15-12-7-3-8-12/h1-2,5,9,12,15H,3,7-8,10,14H2. The van der Waals surface area contributed by atoms with Crippen molar-refractivity contribution in [1.29, 1.82) is 0 Å². The maximum absolute atomic E-state index is 12.2. The van der Waals surface area contributed by atoms with E-state index in [1.165, 1.54) is 0 Å². The zero-order valence-electron chi connectivity index (χ0n) is 10.0. The lowest BCUT2D eigenvalue weighted by Crippen LogP contribution is -2.39. The van der Waals surface area contributed by atoms with Gasteiger partial charge in [-0.25, -0.2) is 13.1 Å². The van der Waals surface area contributed by atoms with Crippen LogP contribution in [0, 0.1) is 11.8 Å². The summed E-state index contributed by atoms with van der Waals surface area (Å²) in [6.45, 7) is 0.213. The number of hydrogen-bond acceptors (Lipinski definition) is 3. The van der Waals surface area contributed by atoms with Gasteiger partial charge in [-0.3, -0.25) is 0 Å². The minimum absolute atomic E-state index is 0.0746. The molecule has 1 aromatic rings. The first kappa shape index (κ1) is 13.1.